The molecule has 0 unspecified atom stereocenters. The zero-order valence-corrected chi connectivity index (χ0v) is 25.1. The van der Waals surface area contributed by atoms with Crippen LogP contribution in [-0.4, -0.2) is 9.13 Å². The molecule has 0 aliphatic heterocycles. The fraction of sp³-hybridized carbons (Fsp3) is 0.710. The second-order valence-corrected chi connectivity index (χ2v) is 13.9. The first kappa shape index (κ1) is 25.8. The van der Waals surface area contributed by atoms with Gasteiger partial charge in [0.15, 0.2) is 0 Å². The number of rotatable bonds is 5. The summed E-state index contributed by atoms with van der Waals surface area (Å²) in [7, 11) is 5.89. The van der Waals surface area contributed by atoms with Crippen LogP contribution in [0, 0.1) is 19.0 Å². The Morgan fingerprint density at radius 3 is 1.38 bits per heavy atom. The van der Waals surface area contributed by atoms with Gasteiger partial charge in [-0.2, -0.15) is 0 Å². The third kappa shape index (κ3) is 3.30. The van der Waals surface area contributed by atoms with E-state index in [9.17, 15) is 0 Å². The largest absolute Gasteiger partial charge is 0.329 e. The molecule has 2 aliphatic rings. The van der Waals surface area contributed by atoms with E-state index in [0.29, 0.717) is 10.8 Å². The van der Waals surface area contributed by atoms with Crippen molar-refractivity contribution in [3.05, 3.63) is 44.9 Å². The lowest BCUT2D eigenvalue weighted by atomic mass is 9.72. The Morgan fingerprint density at radius 1 is 0.706 bits per heavy atom. The summed E-state index contributed by atoms with van der Waals surface area (Å²) in [5.41, 5.74) is 10.5. The van der Waals surface area contributed by atoms with Gasteiger partial charge < -0.3 is 9.13 Å². The Balaban J connectivity index is 2.25. The molecule has 1 aromatic carbocycles. The van der Waals surface area contributed by atoms with Crippen molar-refractivity contribution in [1.29, 1.82) is 0 Å². The minimum atomic E-state index is 0.201. The predicted molar refractivity (Wildman–Crippen MR) is 150 cm³/mol. The van der Waals surface area contributed by atoms with Crippen LogP contribution in [0.25, 0.3) is 0 Å². The summed E-state index contributed by atoms with van der Waals surface area (Å²) in [5, 5.41) is 3.06. The van der Waals surface area contributed by atoms with Crippen molar-refractivity contribution in [2.75, 3.05) is 0 Å². The molecule has 1 aromatic heterocycles. The fourth-order valence-electron chi connectivity index (χ4n) is 8.07. The molecule has 0 saturated carbocycles. The average molecular weight is 481 g/mol. The number of imidazole rings is 1. The first-order chi connectivity index (χ1) is 15.8. The van der Waals surface area contributed by atoms with E-state index >= 15 is 0 Å². The summed E-state index contributed by atoms with van der Waals surface area (Å²) >= 11 is 0. The second kappa shape index (κ2) is 8.12. The van der Waals surface area contributed by atoms with E-state index in [2.05, 4.69) is 98.5 Å². The van der Waals surface area contributed by atoms with Crippen LogP contribution in [0.15, 0.2) is 6.07 Å². The van der Waals surface area contributed by atoms with Crippen molar-refractivity contribution in [3.8, 4) is 0 Å². The van der Waals surface area contributed by atoms with Gasteiger partial charge in [0.1, 0.15) is 5.20 Å². The number of benzene rings is 1. The minimum Gasteiger partial charge on any atom is -0.329 e. The molecule has 34 heavy (non-hydrogen) atoms. The molecule has 3 heteroatoms. The molecular weight excluding hydrogens is 431 g/mol. The van der Waals surface area contributed by atoms with Crippen LogP contribution in [0.3, 0.4) is 0 Å². The highest BCUT2D eigenvalue weighted by Crippen LogP contribution is 2.59. The summed E-state index contributed by atoms with van der Waals surface area (Å²) in [5.74, 6) is 0. The molecule has 2 aliphatic carbocycles. The number of hydrogen-bond acceptors (Lipinski definition) is 0. The smallest absolute Gasteiger partial charge is 0.140 e. The third-order valence-corrected chi connectivity index (χ3v) is 11.9. The summed E-state index contributed by atoms with van der Waals surface area (Å²) in [6, 6.07) is 2.74. The van der Waals surface area contributed by atoms with Gasteiger partial charge in [0.2, 0.25) is 0 Å². The Kier molecular flexibility index (Phi) is 6.17. The third-order valence-electron chi connectivity index (χ3n) is 10.4. The summed E-state index contributed by atoms with van der Waals surface area (Å²) in [6.45, 7) is 24.4. The van der Waals surface area contributed by atoms with Crippen LogP contribution in [-0.2, 0) is 35.8 Å². The standard InChI is InChI=1S/C31H49N2P/c1-13-30(14-2)18-28(7,8)24-22(30)17-23-25(29(9,10)19-31(23,15-3)16-4)26(24)34-27-32(11)20(5)21(6)33(27)12/h17H,13-16,18-19H2,1-12H3. The first-order valence-electron chi connectivity index (χ1n) is 13.7. The molecule has 1 heterocycles. The van der Waals surface area contributed by atoms with Crippen molar-refractivity contribution in [1.82, 2.24) is 9.13 Å². The second-order valence-electron chi connectivity index (χ2n) is 12.9. The molecule has 2 aromatic rings. The quantitative estimate of drug-likeness (QED) is 0.381. The van der Waals surface area contributed by atoms with Gasteiger partial charge in [-0.05, 0) is 104 Å². The molecule has 188 valence electrons. The van der Waals surface area contributed by atoms with E-state index in [0.717, 1.165) is 0 Å². The average Bonchev–Trinajstić information content (AvgIpc) is 3.26. The molecule has 4 rings (SSSR count). The van der Waals surface area contributed by atoms with E-state index in [1.165, 1.54) is 63.3 Å². The van der Waals surface area contributed by atoms with E-state index in [4.69, 9.17) is 0 Å². The van der Waals surface area contributed by atoms with Crippen LogP contribution in [0.2, 0.25) is 0 Å². The van der Waals surface area contributed by atoms with Crippen LogP contribution in [0.5, 0.6) is 0 Å². The first-order valence-corrected chi connectivity index (χ1v) is 14.6. The van der Waals surface area contributed by atoms with Gasteiger partial charge >= 0.3 is 0 Å². The van der Waals surface area contributed by atoms with Crippen molar-refractivity contribution in [2.24, 2.45) is 14.1 Å². The Morgan fingerprint density at radius 2 is 1.06 bits per heavy atom. The summed E-state index contributed by atoms with van der Waals surface area (Å²) in [6.07, 6.45) is 7.49. The van der Waals surface area contributed by atoms with Gasteiger partial charge in [-0.15, -0.1) is 0 Å². The highest BCUT2D eigenvalue weighted by atomic mass is 31.1. The predicted octanol–water partition coefficient (Wildman–Crippen LogP) is 8.26. The van der Waals surface area contributed by atoms with Crippen LogP contribution < -0.4 is 5.30 Å². The molecule has 2 nitrogen and oxygen atoms in total. The van der Waals surface area contributed by atoms with E-state index in [-0.39, 0.29) is 10.8 Å². The normalized spacial score (nSPS) is 21.2. The maximum absolute atomic E-state index is 2.74. The van der Waals surface area contributed by atoms with Gasteiger partial charge in [0, 0.05) is 30.8 Å². The zero-order valence-electron chi connectivity index (χ0n) is 24.2. The lowest BCUT2D eigenvalue weighted by Gasteiger charge is -2.32. The molecular formula is C31H49N2P. The lowest BCUT2D eigenvalue weighted by molar-refractivity contribution is 0.322. The number of hydrogen-bond donors (Lipinski definition) is 0. The molecule has 0 bridgehead atoms. The molecule has 0 amide bonds. The Bertz CT molecular complexity index is 1110. The van der Waals surface area contributed by atoms with Gasteiger partial charge in [0.25, 0.3) is 0 Å². The van der Waals surface area contributed by atoms with Gasteiger partial charge in [-0.1, -0.05) is 61.5 Å². The van der Waals surface area contributed by atoms with Gasteiger partial charge in [0.05, 0.1) is 0 Å². The zero-order chi connectivity index (χ0) is 25.4. The number of nitrogens with zero attached hydrogens (tertiary/aromatic N) is 2. The van der Waals surface area contributed by atoms with E-state index in [1.807, 2.05) is 0 Å². The SMILES string of the molecule is CCC1(CC)CC(C)(C)c2c1cc1c(c2P=c2n(C)c(C)c(C)n2C)C(C)(C)CC1(CC)CC. The topological polar surface area (TPSA) is 9.86 Å². The minimum absolute atomic E-state index is 0.201. The van der Waals surface area contributed by atoms with Crippen LogP contribution >= 0.6 is 8.20 Å². The molecule has 0 saturated heterocycles. The van der Waals surface area contributed by atoms with Crippen molar-refractivity contribution in [2.45, 2.75) is 129 Å². The maximum atomic E-state index is 2.74. The van der Waals surface area contributed by atoms with Crippen molar-refractivity contribution < 1.29 is 0 Å². The van der Waals surface area contributed by atoms with Crippen molar-refractivity contribution in [3.63, 3.8) is 0 Å². The Labute approximate surface area is 211 Å². The fourth-order valence-corrected chi connectivity index (χ4v) is 9.94. The summed E-state index contributed by atoms with van der Waals surface area (Å²) < 4.78 is 4.87. The summed E-state index contributed by atoms with van der Waals surface area (Å²) in [4.78, 5) is 0. The lowest BCUT2D eigenvalue weighted by Crippen LogP contribution is -2.27. The highest BCUT2D eigenvalue weighted by molar-refractivity contribution is 7.39. The molecule has 0 atom stereocenters. The molecule has 0 N–H and O–H groups in total. The van der Waals surface area contributed by atoms with Crippen LogP contribution in [0.1, 0.15) is 128 Å². The molecule has 0 radical (unpaired) electrons. The Hall–Kier alpha value is -1.27. The monoisotopic (exact) mass is 480 g/mol. The van der Waals surface area contributed by atoms with Gasteiger partial charge in [-0.3, -0.25) is 0 Å². The van der Waals surface area contributed by atoms with Gasteiger partial charge in [-0.25, -0.2) is 0 Å². The highest BCUT2D eigenvalue weighted by Gasteiger charge is 2.53. The van der Waals surface area contributed by atoms with Crippen molar-refractivity contribution >= 4 is 13.5 Å². The van der Waals surface area contributed by atoms with E-state index < -0.39 is 0 Å². The molecule has 0 spiro atoms. The molecule has 0 fully saturated rings. The van der Waals surface area contributed by atoms with Crippen LogP contribution in [0.4, 0.5) is 0 Å². The number of fused-ring (bicyclic) bond motifs is 2. The maximum Gasteiger partial charge on any atom is 0.140 e. The van der Waals surface area contributed by atoms with E-state index in [1.54, 1.807) is 27.6 Å². The number of aromatic nitrogens is 2.